The Balaban J connectivity index is 1.82. The number of alkyl halides is 1. The van der Waals surface area contributed by atoms with Crippen LogP contribution < -0.4 is 10.5 Å². The van der Waals surface area contributed by atoms with Crippen LogP contribution in [0.5, 0.6) is 5.75 Å². The van der Waals surface area contributed by atoms with E-state index in [1.165, 1.54) is 17.0 Å². The molecule has 2 unspecified atom stereocenters. The number of likely N-dealkylation sites (N-methyl/N-ethyl adjacent to an activating group) is 1. The minimum atomic E-state index is -1.15. The average molecular weight is 447 g/mol. The molecule has 0 saturated heterocycles. The number of guanidine groups is 1. The van der Waals surface area contributed by atoms with E-state index in [0.29, 0.717) is 29.5 Å². The number of ether oxygens (including phenoxy) is 1. The van der Waals surface area contributed by atoms with Crippen LogP contribution in [0.2, 0.25) is 0 Å². The minimum absolute atomic E-state index is 0.180. The molecule has 6 nitrogen and oxygen atoms in total. The highest BCUT2D eigenvalue weighted by atomic mass is 79.9. The van der Waals surface area contributed by atoms with E-state index in [-0.39, 0.29) is 17.7 Å². The first-order valence-electron chi connectivity index (χ1n) is 8.89. The molecule has 3 heterocycles. The van der Waals surface area contributed by atoms with Gasteiger partial charge in [0.05, 0.1) is 11.9 Å². The molecule has 1 spiro atoms. The van der Waals surface area contributed by atoms with Crippen LogP contribution in [0.3, 0.4) is 0 Å². The summed E-state index contributed by atoms with van der Waals surface area (Å²) in [5.74, 6) is 0.211. The van der Waals surface area contributed by atoms with Gasteiger partial charge >= 0.3 is 0 Å². The third-order valence-corrected chi connectivity index (χ3v) is 5.87. The van der Waals surface area contributed by atoms with Crippen molar-refractivity contribution in [3.63, 3.8) is 0 Å². The third-order valence-electron chi connectivity index (χ3n) is 5.29. The molecule has 1 amide bonds. The summed E-state index contributed by atoms with van der Waals surface area (Å²) in [6.07, 6.45) is 2.44. The zero-order valence-electron chi connectivity index (χ0n) is 15.6. The highest BCUT2D eigenvalue weighted by Gasteiger charge is 2.56. The van der Waals surface area contributed by atoms with E-state index in [9.17, 15) is 9.18 Å². The van der Waals surface area contributed by atoms with Gasteiger partial charge in [-0.2, -0.15) is 0 Å². The molecule has 28 heavy (non-hydrogen) atoms. The Morgan fingerprint density at radius 1 is 1.36 bits per heavy atom. The van der Waals surface area contributed by atoms with Crippen LogP contribution in [0.1, 0.15) is 30.2 Å². The van der Waals surface area contributed by atoms with Crippen molar-refractivity contribution in [2.45, 2.75) is 36.2 Å². The molecule has 2 aliphatic heterocycles. The van der Waals surface area contributed by atoms with Gasteiger partial charge in [-0.25, -0.2) is 9.38 Å². The van der Waals surface area contributed by atoms with Crippen LogP contribution in [-0.4, -0.2) is 34.4 Å². The summed E-state index contributed by atoms with van der Waals surface area (Å²) in [7, 11) is 1.62. The van der Waals surface area contributed by atoms with Crippen molar-refractivity contribution in [3.05, 3.63) is 59.2 Å². The average Bonchev–Trinajstić information content (AvgIpc) is 2.87. The van der Waals surface area contributed by atoms with Crippen molar-refractivity contribution < 1.29 is 13.9 Å². The minimum Gasteiger partial charge on any atom is -0.485 e. The molecule has 1 aromatic heterocycles. The molecule has 146 valence electrons. The Hall–Kier alpha value is -2.48. The number of pyridine rings is 1. The third kappa shape index (κ3) is 2.96. The number of rotatable bonds is 3. The van der Waals surface area contributed by atoms with Crippen LogP contribution >= 0.6 is 15.9 Å². The van der Waals surface area contributed by atoms with Crippen molar-refractivity contribution in [2.75, 3.05) is 7.05 Å². The van der Waals surface area contributed by atoms with Gasteiger partial charge in [-0.3, -0.25) is 14.7 Å². The summed E-state index contributed by atoms with van der Waals surface area (Å²) in [4.78, 5) is 23.6. The maximum absolute atomic E-state index is 13.3. The standard InChI is InChI=1S/C20H20BrFN4O2/c1-19(8-12-3-5-13(22)6-4-12)11-20(17(27)26(2)18(23)25-20)15-7-14(9-21)24-10-16(15)28-19/h3-7,10H,8-9,11H2,1-2H3,(H2,23,25). The first kappa shape index (κ1) is 18.9. The van der Waals surface area contributed by atoms with E-state index < -0.39 is 11.1 Å². The molecule has 2 atom stereocenters. The number of aliphatic imine (C=N–C) groups is 1. The van der Waals surface area contributed by atoms with Gasteiger partial charge in [-0.15, -0.1) is 0 Å². The molecule has 0 bridgehead atoms. The molecule has 8 heteroatoms. The van der Waals surface area contributed by atoms with Crippen LogP contribution in [0, 0.1) is 5.82 Å². The second-order valence-corrected chi connectivity index (χ2v) is 8.09. The zero-order valence-corrected chi connectivity index (χ0v) is 17.2. The van der Waals surface area contributed by atoms with E-state index in [1.54, 1.807) is 25.4 Å². The first-order valence-corrected chi connectivity index (χ1v) is 10.0. The van der Waals surface area contributed by atoms with Crippen molar-refractivity contribution in [1.29, 1.82) is 0 Å². The van der Waals surface area contributed by atoms with Gasteiger partial charge in [0.15, 0.2) is 11.5 Å². The number of nitrogens with zero attached hydrogens (tertiary/aromatic N) is 3. The Morgan fingerprint density at radius 2 is 2.07 bits per heavy atom. The number of hydrogen-bond donors (Lipinski definition) is 1. The first-order chi connectivity index (χ1) is 13.3. The van der Waals surface area contributed by atoms with Crippen LogP contribution in [0.15, 0.2) is 41.5 Å². The topological polar surface area (TPSA) is 80.8 Å². The van der Waals surface area contributed by atoms with Crippen molar-refractivity contribution in [1.82, 2.24) is 9.88 Å². The molecule has 0 fully saturated rings. The Morgan fingerprint density at radius 3 is 2.68 bits per heavy atom. The van der Waals surface area contributed by atoms with Gasteiger partial charge in [0.1, 0.15) is 17.2 Å². The fraction of sp³-hybridized carbons (Fsp3) is 0.350. The lowest BCUT2D eigenvalue weighted by Crippen LogP contribution is -2.51. The van der Waals surface area contributed by atoms with Crippen molar-refractivity contribution in [3.8, 4) is 5.75 Å². The number of fused-ring (bicyclic) bond motifs is 2. The van der Waals surface area contributed by atoms with Gasteiger partial charge in [-0.1, -0.05) is 28.1 Å². The molecule has 2 aliphatic rings. The largest absolute Gasteiger partial charge is 0.485 e. The van der Waals surface area contributed by atoms with Gasteiger partial charge < -0.3 is 10.5 Å². The summed E-state index contributed by atoms with van der Waals surface area (Å²) >= 11 is 3.40. The summed E-state index contributed by atoms with van der Waals surface area (Å²) < 4.78 is 19.6. The van der Waals surface area contributed by atoms with Gasteiger partial charge in [0.25, 0.3) is 5.91 Å². The Bertz CT molecular complexity index is 981. The van der Waals surface area contributed by atoms with Gasteiger partial charge in [0, 0.05) is 30.8 Å². The fourth-order valence-corrected chi connectivity index (χ4v) is 4.33. The molecule has 1 aromatic carbocycles. The van der Waals surface area contributed by atoms with E-state index in [1.807, 2.05) is 13.0 Å². The summed E-state index contributed by atoms with van der Waals surface area (Å²) in [6.45, 7) is 1.93. The van der Waals surface area contributed by atoms with Crippen LogP contribution in [0.25, 0.3) is 0 Å². The molecule has 2 aromatic rings. The smallest absolute Gasteiger partial charge is 0.261 e. The molecule has 0 saturated carbocycles. The number of nitrogens with two attached hydrogens (primary N) is 1. The Kier molecular flexibility index (Phi) is 4.41. The van der Waals surface area contributed by atoms with Gasteiger partial charge in [0.2, 0.25) is 0 Å². The predicted molar refractivity (Wildman–Crippen MR) is 107 cm³/mol. The van der Waals surface area contributed by atoms with Crippen molar-refractivity contribution in [2.24, 2.45) is 10.7 Å². The predicted octanol–water partition coefficient (Wildman–Crippen LogP) is 2.88. The summed E-state index contributed by atoms with van der Waals surface area (Å²) in [5, 5.41) is 0.548. The SMILES string of the molecule is CN1C(=O)C2(CC(C)(Cc3ccc(F)cc3)Oc3cnc(CBr)cc32)N=C1N. The number of carbonyl (C=O) groups excluding carboxylic acids is 1. The Labute approximate surface area is 170 Å². The molecule has 0 aliphatic carbocycles. The monoisotopic (exact) mass is 446 g/mol. The quantitative estimate of drug-likeness (QED) is 0.734. The van der Waals surface area contributed by atoms with Crippen molar-refractivity contribution >= 4 is 27.8 Å². The zero-order chi connectivity index (χ0) is 20.1. The van der Waals surface area contributed by atoms with E-state index in [2.05, 4.69) is 25.9 Å². The number of hydrogen-bond acceptors (Lipinski definition) is 5. The maximum Gasteiger partial charge on any atom is 0.261 e. The second kappa shape index (κ2) is 6.55. The number of aromatic nitrogens is 1. The molecule has 4 rings (SSSR count). The highest BCUT2D eigenvalue weighted by Crippen LogP contribution is 2.49. The lowest BCUT2D eigenvalue weighted by Gasteiger charge is -2.43. The lowest BCUT2D eigenvalue weighted by molar-refractivity contribution is -0.133. The number of benzene rings is 1. The van der Waals surface area contributed by atoms with E-state index in [0.717, 1.165) is 11.3 Å². The number of carbonyl (C=O) groups is 1. The normalized spacial score (nSPS) is 26.2. The van der Waals surface area contributed by atoms with E-state index >= 15 is 0 Å². The highest BCUT2D eigenvalue weighted by molar-refractivity contribution is 9.08. The van der Waals surface area contributed by atoms with E-state index in [4.69, 9.17) is 10.5 Å². The summed E-state index contributed by atoms with van der Waals surface area (Å²) in [6, 6.07) is 8.12. The summed E-state index contributed by atoms with van der Waals surface area (Å²) in [5.41, 5.74) is 6.47. The van der Waals surface area contributed by atoms with Crippen LogP contribution in [-0.2, 0) is 22.1 Å². The second-order valence-electron chi connectivity index (χ2n) is 7.53. The molecular weight excluding hydrogens is 427 g/mol. The maximum atomic E-state index is 13.3. The van der Waals surface area contributed by atoms with Gasteiger partial charge in [-0.05, 0) is 30.7 Å². The molecule has 0 radical (unpaired) electrons. The molecule has 2 N–H and O–H groups in total. The number of amides is 1. The van der Waals surface area contributed by atoms with Crippen LogP contribution in [0.4, 0.5) is 4.39 Å². The fourth-order valence-electron chi connectivity index (χ4n) is 4.02. The number of halogens is 2. The molecular formula is C20H20BrFN4O2. The lowest BCUT2D eigenvalue weighted by atomic mass is 9.75.